The van der Waals surface area contributed by atoms with E-state index in [0.29, 0.717) is 11.4 Å². The standard InChI is InChI=1S/C15H19F2NO2S/c16-12-6-5-11(7-13(12)17)21-9-15(20)18-8-10-3-1-2-4-14(10)19/h5-7,10,14,19H,1-4,8-9H2,(H,18,20). The molecule has 0 saturated heterocycles. The summed E-state index contributed by atoms with van der Waals surface area (Å²) in [5.41, 5.74) is 0. The molecule has 0 spiro atoms. The van der Waals surface area contributed by atoms with Gasteiger partial charge >= 0.3 is 0 Å². The molecule has 1 fully saturated rings. The van der Waals surface area contributed by atoms with Gasteiger partial charge in [-0.15, -0.1) is 11.8 Å². The third-order valence-corrected chi connectivity index (χ3v) is 4.69. The zero-order valence-corrected chi connectivity index (χ0v) is 12.5. The number of carbonyl (C=O) groups excluding carboxylic acids is 1. The SMILES string of the molecule is O=C(CSc1ccc(F)c(F)c1)NCC1CCCCC1O. The van der Waals surface area contributed by atoms with E-state index in [1.807, 2.05) is 0 Å². The number of halogens is 2. The van der Waals surface area contributed by atoms with E-state index in [1.165, 1.54) is 6.07 Å². The van der Waals surface area contributed by atoms with Crippen molar-refractivity contribution in [2.45, 2.75) is 36.7 Å². The number of hydrogen-bond donors (Lipinski definition) is 2. The van der Waals surface area contributed by atoms with Gasteiger partial charge in [0, 0.05) is 17.4 Å². The van der Waals surface area contributed by atoms with Crippen molar-refractivity contribution in [3.05, 3.63) is 29.8 Å². The van der Waals surface area contributed by atoms with Gasteiger partial charge < -0.3 is 10.4 Å². The van der Waals surface area contributed by atoms with Crippen LogP contribution in [0.4, 0.5) is 8.78 Å². The molecular weight excluding hydrogens is 296 g/mol. The first-order valence-corrected chi connectivity index (χ1v) is 8.07. The van der Waals surface area contributed by atoms with E-state index in [9.17, 15) is 18.7 Å². The van der Waals surface area contributed by atoms with Gasteiger partial charge in [-0.25, -0.2) is 8.78 Å². The van der Waals surface area contributed by atoms with Crippen molar-refractivity contribution in [1.82, 2.24) is 5.32 Å². The molecular formula is C15H19F2NO2S. The van der Waals surface area contributed by atoms with Crippen LogP contribution in [-0.4, -0.2) is 29.4 Å². The summed E-state index contributed by atoms with van der Waals surface area (Å²) >= 11 is 1.16. The Labute approximate surface area is 127 Å². The van der Waals surface area contributed by atoms with Gasteiger partial charge in [0.05, 0.1) is 11.9 Å². The monoisotopic (exact) mass is 315 g/mol. The number of thioether (sulfide) groups is 1. The van der Waals surface area contributed by atoms with Crippen molar-refractivity contribution in [3.8, 4) is 0 Å². The number of nitrogens with one attached hydrogen (secondary N) is 1. The molecule has 1 aromatic carbocycles. The fraction of sp³-hybridized carbons (Fsp3) is 0.533. The summed E-state index contributed by atoms with van der Waals surface area (Å²) < 4.78 is 25.8. The van der Waals surface area contributed by atoms with Crippen LogP contribution in [0.3, 0.4) is 0 Å². The summed E-state index contributed by atoms with van der Waals surface area (Å²) in [6, 6.07) is 3.58. The molecule has 1 amide bonds. The molecule has 21 heavy (non-hydrogen) atoms. The lowest BCUT2D eigenvalue weighted by Gasteiger charge is -2.27. The van der Waals surface area contributed by atoms with Gasteiger partial charge in [0.2, 0.25) is 5.91 Å². The highest BCUT2D eigenvalue weighted by Crippen LogP contribution is 2.24. The van der Waals surface area contributed by atoms with Crippen LogP contribution in [0.1, 0.15) is 25.7 Å². The van der Waals surface area contributed by atoms with E-state index in [-0.39, 0.29) is 23.7 Å². The van der Waals surface area contributed by atoms with Crippen LogP contribution in [0, 0.1) is 17.6 Å². The minimum atomic E-state index is -0.911. The smallest absolute Gasteiger partial charge is 0.230 e. The fourth-order valence-electron chi connectivity index (χ4n) is 2.44. The molecule has 0 bridgehead atoms. The Morgan fingerprint density at radius 1 is 1.29 bits per heavy atom. The predicted molar refractivity (Wildman–Crippen MR) is 78.1 cm³/mol. The highest BCUT2D eigenvalue weighted by atomic mass is 32.2. The van der Waals surface area contributed by atoms with Gasteiger partial charge in [-0.1, -0.05) is 12.8 Å². The van der Waals surface area contributed by atoms with Gasteiger partial charge in [-0.3, -0.25) is 4.79 Å². The molecule has 0 aliphatic heterocycles. The molecule has 1 aromatic rings. The van der Waals surface area contributed by atoms with Crippen LogP contribution in [-0.2, 0) is 4.79 Å². The quantitative estimate of drug-likeness (QED) is 0.822. The van der Waals surface area contributed by atoms with Crippen LogP contribution in [0.2, 0.25) is 0 Å². The lowest BCUT2D eigenvalue weighted by Crippen LogP contribution is -2.37. The van der Waals surface area contributed by atoms with Crippen LogP contribution in [0.15, 0.2) is 23.1 Å². The van der Waals surface area contributed by atoms with Crippen molar-refractivity contribution in [3.63, 3.8) is 0 Å². The molecule has 2 N–H and O–H groups in total. The largest absolute Gasteiger partial charge is 0.393 e. The molecule has 2 unspecified atom stereocenters. The van der Waals surface area contributed by atoms with Crippen molar-refractivity contribution >= 4 is 17.7 Å². The number of aliphatic hydroxyl groups excluding tert-OH is 1. The molecule has 6 heteroatoms. The normalized spacial score (nSPS) is 22.0. The van der Waals surface area contributed by atoms with E-state index in [2.05, 4.69) is 5.32 Å². The summed E-state index contributed by atoms with van der Waals surface area (Å²) in [5, 5.41) is 12.6. The topological polar surface area (TPSA) is 49.3 Å². The lowest BCUT2D eigenvalue weighted by molar-refractivity contribution is -0.119. The summed E-state index contributed by atoms with van der Waals surface area (Å²) in [5.74, 6) is -1.70. The summed E-state index contributed by atoms with van der Waals surface area (Å²) in [6.45, 7) is 0.471. The molecule has 1 aliphatic rings. The zero-order valence-electron chi connectivity index (χ0n) is 11.6. The molecule has 0 aromatic heterocycles. The molecule has 3 nitrogen and oxygen atoms in total. The molecule has 1 aliphatic carbocycles. The Kier molecular flexibility index (Phi) is 5.99. The van der Waals surface area contributed by atoms with Gasteiger partial charge in [-0.05, 0) is 31.0 Å². The Balaban J connectivity index is 1.73. The minimum Gasteiger partial charge on any atom is -0.393 e. The van der Waals surface area contributed by atoms with Gasteiger partial charge in [0.25, 0.3) is 0 Å². The number of amides is 1. The highest BCUT2D eigenvalue weighted by molar-refractivity contribution is 8.00. The molecule has 116 valence electrons. The van der Waals surface area contributed by atoms with Crippen LogP contribution >= 0.6 is 11.8 Å². The number of aliphatic hydroxyl groups is 1. The first kappa shape index (κ1) is 16.2. The third kappa shape index (κ3) is 4.97. The molecule has 2 atom stereocenters. The van der Waals surface area contributed by atoms with E-state index in [1.54, 1.807) is 0 Å². The van der Waals surface area contributed by atoms with E-state index >= 15 is 0 Å². The molecule has 0 radical (unpaired) electrons. The minimum absolute atomic E-state index is 0.121. The molecule has 0 heterocycles. The Morgan fingerprint density at radius 3 is 2.76 bits per heavy atom. The van der Waals surface area contributed by atoms with Crippen LogP contribution in [0.5, 0.6) is 0 Å². The van der Waals surface area contributed by atoms with E-state index < -0.39 is 11.6 Å². The predicted octanol–water partition coefficient (Wildman–Crippen LogP) is 2.72. The Hall–Kier alpha value is -1.14. The van der Waals surface area contributed by atoms with E-state index in [4.69, 9.17) is 0 Å². The Morgan fingerprint density at radius 2 is 2.05 bits per heavy atom. The lowest BCUT2D eigenvalue weighted by atomic mass is 9.86. The van der Waals surface area contributed by atoms with Crippen LogP contribution < -0.4 is 5.32 Å². The summed E-state index contributed by atoms with van der Waals surface area (Å²) in [4.78, 5) is 12.3. The van der Waals surface area contributed by atoms with Gasteiger partial charge in [-0.2, -0.15) is 0 Å². The van der Waals surface area contributed by atoms with Crippen molar-refractivity contribution < 1.29 is 18.7 Å². The highest BCUT2D eigenvalue weighted by Gasteiger charge is 2.23. The van der Waals surface area contributed by atoms with Gasteiger partial charge in [0.15, 0.2) is 11.6 Å². The van der Waals surface area contributed by atoms with Crippen molar-refractivity contribution in [2.75, 3.05) is 12.3 Å². The fourth-order valence-corrected chi connectivity index (χ4v) is 3.19. The number of hydrogen-bond acceptors (Lipinski definition) is 3. The van der Waals surface area contributed by atoms with Crippen molar-refractivity contribution in [2.24, 2.45) is 5.92 Å². The zero-order chi connectivity index (χ0) is 15.2. The second kappa shape index (κ2) is 7.75. The molecule has 1 saturated carbocycles. The first-order chi connectivity index (χ1) is 10.1. The maximum atomic E-state index is 13.0. The average molecular weight is 315 g/mol. The number of carbonyl (C=O) groups is 1. The average Bonchev–Trinajstić information content (AvgIpc) is 2.47. The first-order valence-electron chi connectivity index (χ1n) is 7.09. The Bertz CT molecular complexity index is 499. The summed E-state index contributed by atoms with van der Waals surface area (Å²) in [7, 11) is 0. The maximum absolute atomic E-state index is 13.0. The maximum Gasteiger partial charge on any atom is 0.230 e. The van der Waals surface area contributed by atoms with Crippen LogP contribution in [0.25, 0.3) is 0 Å². The summed E-state index contributed by atoms with van der Waals surface area (Å²) in [6.07, 6.45) is 3.51. The molecule has 2 rings (SSSR count). The second-order valence-electron chi connectivity index (χ2n) is 5.28. The number of rotatable bonds is 5. The van der Waals surface area contributed by atoms with Crippen molar-refractivity contribution in [1.29, 1.82) is 0 Å². The third-order valence-electron chi connectivity index (χ3n) is 3.69. The second-order valence-corrected chi connectivity index (χ2v) is 6.33. The van der Waals surface area contributed by atoms with E-state index in [0.717, 1.165) is 49.6 Å². The number of benzene rings is 1. The van der Waals surface area contributed by atoms with Gasteiger partial charge in [0.1, 0.15) is 0 Å².